The van der Waals surface area contributed by atoms with E-state index in [9.17, 15) is 0 Å². The molecule has 2 N–H and O–H groups in total. The normalized spacial score (nSPS) is 13.9. The van der Waals surface area contributed by atoms with Crippen molar-refractivity contribution in [2.24, 2.45) is 0 Å². The number of nitrogens with two attached hydrogens (primary N) is 1. The van der Waals surface area contributed by atoms with Gasteiger partial charge in [-0.05, 0) is 43.4 Å². The van der Waals surface area contributed by atoms with E-state index in [2.05, 4.69) is 9.97 Å². The van der Waals surface area contributed by atoms with Gasteiger partial charge in [0.2, 0.25) is 0 Å². The van der Waals surface area contributed by atoms with E-state index in [0.717, 1.165) is 30.0 Å². The Morgan fingerprint density at radius 1 is 1.21 bits per heavy atom. The van der Waals surface area contributed by atoms with Gasteiger partial charge >= 0.3 is 0 Å². The molecule has 1 aliphatic carbocycles. The molecular weight excluding hydrogens is 238 g/mol. The number of hydrogen-bond donors (Lipinski definition) is 1. The zero-order valence-corrected chi connectivity index (χ0v) is 11.0. The highest BCUT2D eigenvalue weighted by atomic mass is 16.5. The average molecular weight is 255 g/mol. The van der Waals surface area contributed by atoms with Gasteiger partial charge in [-0.15, -0.1) is 0 Å². The van der Waals surface area contributed by atoms with Crippen LogP contribution in [-0.2, 0) is 12.8 Å². The number of benzene rings is 1. The molecule has 0 radical (unpaired) electrons. The van der Waals surface area contributed by atoms with Crippen LogP contribution < -0.4 is 10.5 Å². The summed E-state index contributed by atoms with van der Waals surface area (Å²) in [5, 5.41) is 0. The summed E-state index contributed by atoms with van der Waals surface area (Å²) in [6.45, 7) is 0. The van der Waals surface area contributed by atoms with Gasteiger partial charge in [-0.25, -0.2) is 9.97 Å². The Morgan fingerprint density at radius 2 is 2.05 bits per heavy atom. The number of aromatic nitrogens is 2. The Kier molecular flexibility index (Phi) is 3.07. The topological polar surface area (TPSA) is 61.0 Å². The fourth-order valence-electron chi connectivity index (χ4n) is 2.50. The van der Waals surface area contributed by atoms with Crippen molar-refractivity contribution in [2.45, 2.75) is 25.7 Å². The van der Waals surface area contributed by atoms with Crippen LogP contribution in [-0.4, -0.2) is 17.1 Å². The molecule has 0 saturated heterocycles. The molecule has 1 heterocycles. The van der Waals surface area contributed by atoms with Crippen LogP contribution in [0.2, 0.25) is 0 Å². The molecule has 0 amide bonds. The first kappa shape index (κ1) is 12.0. The van der Waals surface area contributed by atoms with Crippen LogP contribution in [0.15, 0.2) is 24.4 Å². The molecule has 2 aromatic rings. The number of nitrogens with zero attached hydrogens (tertiary/aromatic N) is 2. The Bertz CT molecular complexity index is 610. The molecule has 1 aliphatic rings. The van der Waals surface area contributed by atoms with Crippen molar-refractivity contribution < 1.29 is 4.74 Å². The minimum absolute atomic E-state index is 0.679. The maximum Gasteiger partial charge on any atom is 0.163 e. The number of methoxy groups -OCH3 is 1. The summed E-state index contributed by atoms with van der Waals surface area (Å²) in [6, 6.07) is 5.57. The fraction of sp³-hybridized carbons (Fsp3) is 0.333. The molecule has 3 rings (SSSR count). The minimum Gasteiger partial charge on any atom is -0.496 e. The molecule has 0 fully saturated rings. The van der Waals surface area contributed by atoms with E-state index in [1.54, 1.807) is 13.2 Å². The van der Waals surface area contributed by atoms with Crippen molar-refractivity contribution in [3.05, 3.63) is 35.7 Å². The number of fused-ring (bicyclic) bond motifs is 1. The molecular formula is C15H17N3O. The van der Waals surface area contributed by atoms with Gasteiger partial charge in [-0.2, -0.15) is 0 Å². The number of anilines is 1. The Labute approximate surface area is 112 Å². The highest BCUT2D eigenvalue weighted by molar-refractivity contribution is 5.68. The average Bonchev–Trinajstić information content (AvgIpc) is 2.46. The van der Waals surface area contributed by atoms with Gasteiger partial charge < -0.3 is 10.5 Å². The molecule has 0 unspecified atom stereocenters. The summed E-state index contributed by atoms with van der Waals surface area (Å²) in [5.74, 6) is 1.44. The summed E-state index contributed by atoms with van der Waals surface area (Å²) in [7, 11) is 1.64. The standard InChI is InChI=1S/C15H17N3O/c1-19-14-8-11(16)6-7-12(14)15-17-9-10-4-2-3-5-13(10)18-15/h6-9H,2-5,16H2,1H3. The minimum atomic E-state index is 0.679. The summed E-state index contributed by atoms with van der Waals surface area (Å²) in [6.07, 6.45) is 6.53. The number of ether oxygens (including phenoxy) is 1. The van der Waals surface area contributed by atoms with Crippen LogP contribution in [0.25, 0.3) is 11.4 Å². The summed E-state index contributed by atoms with van der Waals surface area (Å²) < 4.78 is 5.36. The smallest absolute Gasteiger partial charge is 0.163 e. The highest BCUT2D eigenvalue weighted by Gasteiger charge is 2.15. The number of rotatable bonds is 2. The second-order valence-corrected chi connectivity index (χ2v) is 4.83. The SMILES string of the molecule is COc1cc(N)ccc1-c1ncc2c(n1)CCCC2. The van der Waals surface area contributed by atoms with E-state index in [-0.39, 0.29) is 0 Å². The van der Waals surface area contributed by atoms with E-state index in [0.29, 0.717) is 5.69 Å². The number of aryl methyl sites for hydroxylation is 2. The van der Waals surface area contributed by atoms with Crippen molar-refractivity contribution >= 4 is 5.69 Å². The third kappa shape index (κ3) is 2.26. The van der Waals surface area contributed by atoms with Crippen molar-refractivity contribution in [3.8, 4) is 17.1 Å². The molecule has 4 nitrogen and oxygen atoms in total. The van der Waals surface area contributed by atoms with Gasteiger partial charge in [-0.1, -0.05) is 0 Å². The number of hydrogen-bond acceptors (Lipinski definition) is 4. The van der Waals surface area contributed by atoms with Crippen molar-refractivity contribution in [2.75, 3.05) is 12.8 Å². The Hall–Kier alpha value is -2.10. The van der Waals surface area contributed by atoms with Crippen molar-refractivity contribution in [1.29, 1.82) is 0 Å². The van der Waals surface area contributed by atoms with E-state index in [1.165, 1.54) is 24.1 Å². The van der Waals surface area contributed by atoms with Gasteiger partial charge in [0.25, 0.3) is 0 Å². The molecule has 98 valence electrons. The van der Waals surface area contributed by atoms with Gasteiger partial charge in [0.1, 0.15) is 5.75 Å². The second-order valence-electron chi connectivity index (χ2n) is 4.83. The van der Waals surface area contributed by atoms with Gasteiger partial charge in [0.05, 0.1) is 12.7 Å². The van der Waals surface area contributed by atoms with Crippen LogP contribution in [0.4, 0.5) is 5.69 Å². The first-order chi connectivity index (χ1) is 9.28. The first-order valence-electron chi connectivity index (χ1n) is 6.56. The maximum absolute atomic E-state index is 5.77. The first-order valence-corrected chi connectivity index (χ1v) is 6.56. The van der Waals surface area contributed by atoms with E-state index < -0.39 is 0 Å². The lowest BCUT2D eigenvalue weighted by Gasteiger charge is -2.15. The quantitative estimate of drug-likeness (QED) is 0.838. The molecule has 19 heavy (non-hydrogen) atoms. The van der Waals surface area contributed by atoms with E-state index in [4.69, 9.17) is 10.5 Å². The predicted octanol–water partition coefficient (Wildman–Crippen LogP) is 2.61. The Morgan fingerprint density at radius 3 is 2.89 bits per heavy atom. The third-order valence-electron chi connectivity index (χ3n) is 3.53. The summed E-state index contributed by atoms with van der Waals surface area (Å²) in [4.78, 5) is 9.16. The number of nitrogen functional groups attached to an aromatic ring is 1. The van der Waals surface area contributed by atoms with Gasteiger partial charge in [0.15, 0.2) is 5.82 Å². The molecule has 4 heteroatoms. The van der Waals surface area contributed by atoms with E-state index in [1.807, 2.05) is 18.3 Å². The van der Waals surface area contributed by atoms with Crippen molar-refractivity contribution in [1.82, 2.24) is 9.97 Å². The lowest BCUT2D eigenvalue weighted by atomic mass is 9.97. The lowest BCUT2D eigenvalue weighted by Crippen LogP contribution is -2.07. The molecule has 0 bridgehead atoms. The largest absolute Gasteiger partial charge is 0.496 e. The van der Waals surface area contributed by atoms with Crippen LogP contribution in [0.1, 0.15) is 24.1 Å². The van der Waals surface area contributed by atoms with Crippen LogP contribution in [0.5, 0.6) is 5.75 Å². The molecule has 0 aliphatic heterocycles. The van der Waals surface area contributed by atoms with Crippen LogP contribution in [0.3, 0.4) is 0 Å². The van der Waals surface area contributed by atoms with Crippen LogP contribution in [0, 0.1) is 0 Å². The highest BCUT2D eigenvalue weighted by Crippen LogP contribution is 2.30. The second kappa shape index (κ2) is 4.88. The van der Waals surface area contributed by atoms with E-state index >= 15 is 0 Å². The summed E-state index contributed by atoms with van der Waals surface area (Å²) >= 11 is 0. The zero-order valence-electron chi connectivity index (χ0n) is 11.0. The monoisotopic (exact) mass is 255 g/mol. The zero-order chi connectivity index (χ0) is 13.2. The molecule has 1 aromatic carbocycles. The third-order valence-corrected chi connectivity index (χ3v) is 3.53. The fourth-order valence-corrected chi connectivity index (χ4v) is 2.50. The lowest BCUT2D eigenvalue weighted by molar-refractivity contribution is 0.416. The van der Waals surface area contributed by atoms with Crippen molar-refractivity contribution in [3.63, 3.8) is 0 Å². The molecule has 0 spiro atoms. The predicted molar refractivity (Wildman–Crippen MR) is 75.1 cm³/mol. The maximum atomic E-state index is 5.77. The Balaban J connectivity index is 2.07. The van der Waals surface area contributed by atoms with Gasteiger partial charge in [-0.3, -0.25) is 0 Å². The summed E-state index contributed by atoms with van der Waals surface area (Å²) in [5.41, 5.74) is 9.80. The van der Waals surface area contributed by atoms with Crippen LogP contribution >= 0.6 is 0 Å². The van der Waals surface area contributed by atoms with Gasteiger partial charge in [0, 0.05) is 23.6 Å². The molecule has 0 saturated carbocycles. The molecule has 0 atom stereocenters. The molecule has 1 aromatic heterocycles.